The van der Waals surface area contributed by atoms with Gasteiger partial charge in [0.15, 0.2) is 11.6 Å². The molecule has 0 bridgehead atoms. The molecular formula is C10H12BrFO2. The van der Waals surface area contributed by atoms with E-state index in [4.69, 9.17) is 5.11 Å². The molecule has 2 N–H and O–H groups in total. The second-order valence-corrected chi connectivity index (χ2v) is 4.65. The lowest BCUT2D eigenvalue weighted by Gasteiger charge is -2.24. The smallest absolute Gasteiger partial charge is 0.165 e. The van der Waals surface area contributed by atoms with Gasteiger partial charge in [-0.05, 0) is 12.1 Å². The molecule has 0 spiro atoms. The van der Waals surface area contributed by atoms with Crippen LogP contribution >= 0.6 is 15.9 Å². The second-order valence-electron chi connectivity index (χ2n) is 3.79. The standard InChI is InChI=1S/C10H12BrFO2/c1-10(2,5-13)8-6(11)3-4-7(12)9(8)14/h3-4,13-14H,5H2,1-2H3. The second kappa shape index (κ2) is 3.87. The highest BCUT2D eigenvalue weighted by Gasteiger charge is 2.27. The van der Waals surface area contributed by atoms with Crippen LogP contribution in [0, 0.1) is 5.82 Å². The Morgan fingerprint density at radius 3 is 2.50 bits per heavy atom. The fraction of sp³-hybridized carbons (Fsp3) is 0.400. The summed E-state index contributed by atoms with van der Waals surface area (Å²) in [4.78, 5) is 0. The monoisotopic (exact) mass is 262 g/mol. The first-order valence-corrected chi connectivity index (χ1v) is 4.98. The topological polar surface area (TPSA) is 40.5 Å². The molecule has 1 aromatic rings. The molecule has 0 amide bonds. The largest absolute Gasteiger partial charge is 0.505 e. The Kier molecular flexibility index (Phi) is 3.17. The minimum absolute atomic E-state index is 0.164. The van der Waals surface area contributed by atoms with E-state index in [2.05, 4.69) is 15.9 Å². The summed E-state index contributed by atoms with van der Waals surface area (Å²) in [6.07, 6.45) is 0. The van der Waals surface area contributed by atoms with Crippen molar-refractivity contribution in [2.24, 2.45) is 0 Å². The Balaban J connectivity index is 3.40. The summed E-state index contributed by atoms with van der Waals surface area (Å²) in [6, 6.07) is 2.69. The average molecular weight is 263 g/mol. The Hall–Kier alpha value is -0.610. The van der Waals surface area contributed by atoms with Gasteiger partial charge in [0.1, 0.15) is 0 Å². The van der Waals surface area contributed by atoms with Crippen LogP contribution in [0.1, 0.15) is 19.4 Å². The van der Waals surface area contributed by atoms with Gasteiger partial charge in [-0.15, -0.1) is 0 Å². The minimum atomic E-state index is -0.676. The van der Waals surface area contributed by atoms with Crippen LogP contribution in [-0.2, 0) is 5.41 Å². The van der Waals surface area contributed by atoms with E-state index in [1.165, 1.54) is 12.1 Å². The number of rotatable bonds is 2. The number of benzene rings is 1. The SMILES string of the molecule is CC(C)(CO)c1c(Br)ccc(F)c1O. The number of aliphatic hydroxyl groups is 1. The van der Waals surface area contributed by atoms with Crippen molar-refractivity contribution in [1.82, 2.24) is 0 Å². The predicted molar refractivity (Wildman–Crippen MR) is 55.9 cm³/mol. The van der Waals surface area contributed by atoms with E-state index in [9.17, 15) is 9.50 Å². The molecule has 0 fully saturated rings. The summed E-state index contributed by atoms with van der Waals surface area (Å²) in [7, 11) is 0. The molecule has 1 aromatic carbocycles. The summed E-state index contributed by atoms with van der Waals surface area (Å²) in [5, 5.41) is 18.7. The van der Waals surface area contributed by atoms with E-state index in [0.717, 1.165) is 0 Å². The van der Waals surface area contributed by atoms with Crippen LogP contribution in [0.4, 0.5) is 4.39 Å². The number of aromatic hydroxyl groups is 1. The van der Waals surface area contributed by atoms with Crippen molar-refractivity contribution in [1.29, 1.82) is 0 Å². The minimum Gasteiger partial charge on any atom is -0.505 e. The summed E-state index contributed by atoms with van der Waals surface area (Å²) in [6.45, 7) is 3.29. The lowest BCUT2D eigenvalue weighted by molar-refractivity contribution is 0.214. The van der Waals surface area contributed by atoms with Crippen LogP contribution in [0.5, 0.6) is 5.75 Å². The summed E-state index contributed by atoms with van der Waals surface area (Å²) in [5.74, 6) is -1.08. The van der Waals surface area contributed by atoms with Crippen molar-refractivity contribution in [2.45, 2.75) is 19.3 Å². The first-order valence-electron chi connectivity index (χ1n) is 4.18. The number of aliphatic hydroxyl groups excluding tert-OH is 1. The normalized spacial score (nSPS) is 11.8. The van der Waals surface area contributed by atoms with Gasteiger partial charge in [-0.2, -0.15) is 0 Å². The zero-order valence-corrected chi connectivity index (χ0v) is 9.60. The van der Waals surface area contributed by atoms with Gasteiger partial charge in [0.25, 0.3) is 0 Å². The van der Waals surface area contributed by atoms with Crippen molar-refractivity contribution in [3.05, 3.63) is 28.0 Å². The highest BCUT2D eigenvalue weighted by atomic mass is 79.9. The Bertz CT molecular complexity index is 350. The molecule has 0 aromatic heterocycles. The molecule has 4 heteroatoms. The maximum atomic E-state index is 13.1. The van der Waals surface area contributed by atoms with Crippen molar-refractivity contribution in [2.75, 3.05) is 6.61 Å². The van der Waals surface area contributed by atoms with Gasteiger partial charge in [0, 0.05) is 15.5 Å². The quantitative estimate of drug-likeness (QED) is 0.860. The molecular weight excluding hydrogens is 251 g/mol. The van der Waals surface area contributed by atoms with Gasteiger partial charge < -0.3 is 10.2 Å². The van der Waals surface area contributed by atoms with E-state index < -0.39 is 17.0 Å². The third kappa shape index (κ3) is 1.91. The maximum absolute atomic E-state index is 13.1. The maximum Gasteiger partial charge on any atom is 0.165 e. The van der Waals surface area contributed by atoms with Crippen LogP contribution in [-0.4, -0.2) is 16.8 Å². The first-order chi connectivity index (χ1) is 6.40. The Labute approximate surface area is 90.5 Å². The third-order valence-electron chi connectivity index (χ3n) is 2.15. The van der Waals surface area contributed by atoms with E-state index in [0.29, 0.717) is 10.0 Å². The lowest BCUT2D eigenvalue weighted by Crippen LogP contribution is -2.23. The number of halogens is 2. The van der Waals surface area contributed by atoms with Gasteiger partial charge >= 0.3 is 0 Å². The Morgan fingerprint density at radius 2 is 2.00 bits per heavy atom. The molecule has 1 rings (SSSR count). The first kappa shape index (κ1) is 11.5. The van der Waals surface area contributed by atoms with Crippen LogP contribution in [0.25, 0.3) is 0 Å². The fourth-order valence-electron chi connectivity index (χ4n) is 1.26. The Morgan fingerprint density at radius 1 is 1.43 bits per heavy atom. The van der Waals surface area contributed by atoms with Gasteiger partial charge in [-0.25, -0.2) is 4.39 Å². The van der Waals surface area contributed by atoms with Gasteiger partial charge in [0.05, 0.1) is 6.61 Å². The molecule has 0 heterocycles. The van der Waals surface area contributed by atoms with Gasteiger partial charge in [-0.3, -0.25) is 0 Å². The van der Waals surface area contributed by atoms with Crippen LogP contribution in [0.2, 0.25) is 0 Å². The van der Waals surface area contributed by atoms with Crippen molar-refractivity contribution < 1.29 is 14.6 Å². The molecule has 0 radical (unpaired) electrons. The van der Waals surface area contributed by atoms with E-state index in [1.54, 1.807) is 13.8 Å². The highest BCUT2D eigenvalue weighted by molar-refractivity contribution is 9.10. The summed E-state index contributed by atoms with van der Waals surface area (Å²) in [5.41, 5.74) is -0.287. The van der Waals surface area contributed by atoms with Crippen LogP contribution in [0.3, 0.4) is 0 Å². The fourth-order valence-corrected chi connectivity index (χ4v) is 2.12. The predicted octanol–water partition coefficient (Wildman–Crippen LogP) is 2.56. The molecule has 0 aliphatic heterocycles. The highest BCUT2D eigenvalue weighted by Crippen LogP contribution is 2.38. The number of hydrogen-bond acceptors (Lipinski definition) is 2. The van der Waals surface area contributed by atoms with Gasteiger partial charge in [-0.1, -0.05) is 29.8 Å². The molecule has 0 unspecified atom stereocenters. The zero-order valence-electron chi connectivity index (χ0n) is 8.01. The van der Waals surface area contributed by atoms with Crippen molar-refractivity contribution in [3.63, 3.8) is 0 Å². The van der Waals surface area contributed by atoms with Crippen molar-refractivity contribution in [3.8, 4) is 5.75 Å². The number of phenolic OH excluding ortho intramolecular Hbond substituents is 1. The molecule has 0 aliphatic rings. The molecule has 0 aliphatic carbocycles. The molecule has 0 saturated carbocycles. The summed E-state index contributed by atoms with van der Waals surface area (Å²) >= 11 is 3.22. The van der Waals surface area contributed by atoms with Crippen molar-refractivity contribution >= 4 is 15.9 Å². The number of phenols is 1. The molecule has 2 nitrogen and oxygen atoms in total. The van der Waals surface area contributed by atoms with Crippen LogP contribution < -0.4 is 0 Å². The molecule has 78 valence electrons. The number of hydrogen-bond donors (Lipinski definition) is 2. The van der Waals surface area contributed by atoms with E-state index in [-0.39, 0.29) is 6.61 Å². The van der Waals surface area contributed by atoms with Gasteiger partial charge in [0.2, 0.25) is 0 Å². The third-order valence-corrected chi connectivity index (χ3v) is 2.81. The average Bonchev–Trinajstić information content (AvgIpc) is 2.12. The lowest BCUT2D eigenvalue weighted by atomic mass is 9.85. The van der Waals surface area contributed by atoms with E-state index in [1.807, 2.05) is 0 Å². The molecule has 0 saturated heterocycles. The molecule has 0 atom stereocenters. The molecule has 14 heavy (non-hydrogen) atoms. The van der Waals surface area contributed by atoms with E-state index >= 15 is 0 Å². The summed E-state index contributed by atoms with van der Waals surface area (Å²) < 4.78 is 13.7. The van der Waals surface area contributed by atoms with Crippen LogP contribution in [0.15, 0.2) is 16.6 Å². The zero-order chi connectivity index (χ0) is 10.9.